The molecule has 12 nitrogen and oxygen atoms in total. The van der Waals surface area contributed by atoms with Gasteiger partial charge in [-0.2, -0.15) is 18.3 Å². The molecule has 6 heterocycles. The summed E-state index contributed by atoms with van der Waals surface area (Å²) >= 11 is 0. The molecule has 0 amide bonds. The maximum absolute atomic E-state index is 12.2. The summed E-state index contributed by atoms with van der Waals surface area (Å²) in [6.45, 7) is 13.1. The Morgan fingerprint density at radius 3 is 1.28 bits per heavy atom. The third-order valence-corrected chi connectivity index (χ3v) is 10.3. The molecule has 0 bridgehead atoms. The van der Waals surface area contributed by atoms with Gasteiger partial charge in [0.2, 0.25) is 0 Å². The SMILES string of the molecule is C[PH+](C)c1ccccc1.C[PH+](C)c1ccccc1.Cc1cc(-c2ncccn2)[n-]n1.Cc1cc(-c2ncccn2)n[nH]1.FC(F)(F)c1cc(-c2ncccn2)[n-]n1.[Os+2]. The second-order valence-electron chi connectivity index (χ2n) is 12.4. The van der Waals surface area contributed by atoms with E-state index in [1.165, 1.54) is 23.0 Å². The molecule has 300 valence electrons. The zero-order valence-corrected chi connectivity index (χ0v) is 37.1. The van der Waals surface area contributed by atoms with E-state index in [9.17, 15) is 13.2 Å². The van der Waals surface area contributed by atoms with Gasteiger partial charge in [-0.3, -0.25) is 5.10 Å². The normalized spacial score (nSPS) is 10.3. The van der Waals surface area contributed by atoms with Gasteiger partial charge in [-0.05, 0) is 68.4 Å². The first-order valence-electron chi connectivity index (χ1n) is 17.5. The number of aromatic nitrogens is 12. The van der Waals surface area contributed by atoms with Crippen LogP contribution >= 0.6 is 15.8 Å². The number of halogens is 3. The summed E-state index contributed by atoms with van der Waals surface area (Å²) in [6, 6.07) is 31.0. The van der Waals surface area contributed by atoms with Gasteiger partial charge in [-0.25, -0.2) is 29.9 Å². The van der Waals surface area contributed by atoms with Crippen LogP contribution in [0.2, 0.25) is 0 Å². The Morgan fingerprint density at radius 2 is 0.948 bits per heavy atom. The molecular weight excluding hydrogens is 958 g/mol. The fourth-order valence-corrected chi connectivity index (χ4v) is 6.13. The first kappa shape index (κ1) is 47.0. The number of nitrogens with zero attached hydrogens (tertiary/aromatic N) is 11. The zero-order chi connectivity index (χ0) is 41.0. The van der Waals surface area contributed by atoms with Crippen molar-refractivity contribution in [2.45, 2.75) is 20.0 Å². The van der Waals surface area contributed by atoms with Gasteiger partial charge in [-0.1, -0.05) is 53.9 Å². The predicted octanol–water partition coefficient (Wildman–Crippen LogP) is 7.06. The van der Waals surface area contributed by atoms with E-state index >= 15 is 0 Å². The van der Waals surface area contributed by atoms with Gasteiger partial charge in [0.15, 0.2) is 5.82 Å². The summed E-state index contributed by atoms with van der Waals surface area (Å²) in [5.74, 6) is 1.40. The fraction of sp³-hybridized carbons (Fsp3) is 0.175. The van der Waals surface area contributed by atoms with Crippen LogP contribution in [0, 0.1) is 13.8 Å². The second kappa shape index (κ2) is 24.4. The quantitative estimate of drug-likeness (QED) is 0.176. The second-order valence-corrected chi connectivity index (χ2v) is 17.5. The number of rotatable bonds is 5. The van der Waals surface area contributed by atoms with Crippen molar-refractivity contribution in [1.82, 2.24) is 60.5 Å². The molecule has 0 aliphatic rings. The standard InChI is InChI=1S/C8H4F3N4.C8H8N4.C8H7N4.2C8H11P.Os/c9-8(10,11)6-4-5(14-15-6)7-12-2-1-3-13-7;2*1-6-5-7(12-11-6)8-9-3-2-4-10-8;2*1-9(2)8-6-4-3-5-7-8;/h1-4H;2-5H,1H3,(H,11,12);2-5H,1H3;2*3-7H,1-2H3;/q-1;;-1;;;+2/p+2. The maximum atomic E-state index is 12.2. The fourth-order valence-electron chi connectivity index (χ4n) is 4.41. The smallest absolute Gasteiger partial charge is 0.572 e. The number of aryl methyl sites for hydroxylation is 2. The van der Waals surface area contributed by atoms with Gasteiger partial charge in [0.25, 0.3) is 0 Å². The third kappa shape index (κ3) is 16.2. The van der Waals surface area contributed by atoms with E-state index in [0.717, 1.165) is 28.8 Å². The minimum absolute atomic E-state index is 0. The maximum Gasteiger partial charge on any atom is 2.00 e. The molecule has 0 saturated heterocycles. The summed E-state index contributed by atoms with van der Waals surface area (Å²) in [4.78, 5) is 23.8. The number of hydrogen-bond donors (Lipinski definition) is 1. The number of hydrogen-bond acceptors (Lipinski definition) is 9. The van der Waals surface area contributed by atoms with Gasteiger partial charge >= 0.3 is 26.0 Å². The van der Waals surface area contributed by atoms with Gasteiger partial charge in [0, 0.05) is 64.4 Å². The number of H-pyrrole nitrogens is 1. The molecule has 2 aromatic carbocycles. The molecule has 8 aromatic rings. The molecule has 0 spiro atoms. The molecule has 0 unspecified atom stereocenters. The zero-order valence-electron chi connectivity index (χ0n) is 32.6. The number of alkyl halides is 3. The van der Waals surface area contributed by atoms with E-state index in [1.807, 2.05) is 26.0 Å². The van der Waals surface area contributed by atoms with Crippen molar-refractivity contribution in [3.63, 3.8) is 0 Å². The van der Waals surface area contributed by atoms with E-state index in [1.54, 1.807) is 43.0 Å². The summed E-state index contributed by atoms with van der Waals surface area (Å²) in [7, 11) is -0.424. The molecule has 0 fully saturated rings. The van der Waals surface area contributed by atoms with Crippen molar-refractivity contribution in [3.05, 3.63) is 151 Å². The van der Waals surface area contributed by atoms with Crippen LogP contribution < -0.4 is 20.8 Å². The molecule has 0 aliphatic carbocycles. The van der Waals surface area contributed by atoms with Crippen LogP contribution in [-0.4, -0.2) is 77.0 Å². The van der Waals surface area contributed by atoms with Gasteiger partial charge in [-0.15, -0.1) is 0 Å². The van der Waals surface area contributed by atoms with E-state index in [2.05, 4.69) is 148 Å². The molecular formula is C40H43F3N12OsP2+2. The van der Waals surface area contributed by atoms with Crippen molar-refractivity contribution in [3.8, 4) is 34.6 Å². The average Bonchev–Trinajstić information content (AvgIpc) is 4.03. The Hall–Kier alpha value is -5.40. The van der Waals surface area contributed by atoms with E-state index < -0.39 is 11.9 Å². The van der Waals surface area contributed by atoms with Crippen LogP contribution in [-0.2, 0) is 26.0 Å². The first-order chi connectivity index (χ1) is 27.4. The summed E-state index contributed by atoms with van der Waals surface area (Å²) < 4.78 is 36.5. The van der Waals surface area contributed by atoms with Crippen LogP contribution in [0.5, 0.6) is 0 Å². The Bertz CT molecular complexity index is 2160. The molecule has 8 rings (SSSR count). The number of aromatic amines is 1. The molecule has 1 N–H and O–H groups in total. The molecule has 18 heteroatoms. The topological polar surface area (TPSA) is 160 Å². The minimum Gasteiger partial charge on any atom is -0.572 e. The van der Waals surface area contributed by atoms with Crippen LogP contribution in [0.4, 0.5) is 13.2 Å². The Labute approximate surface area is 351 Å². The molecule has 6 aromatic heterocycles. The van der Waals surface area contributed by atoms with Crippen molar-refractivity contribution < 1.29 is 33.0 Å². The molecule has 0 atom stereocenters. The monoisotopic (exact) mass is 1000 g/mol. The van der Waals surface area contributed by atoms with Crippen molar-refractivity contribution in [2.75, 3.05) is 26.7 Å². The molecule has 0 aliphatic heterocycles. The van der Waals surface area contributed by atoms with Crippen LogP contribution in [0.15, 0.2) is 134 Å². The summed E-state index contributed by atoms with van der Waals surface area (Å²) in [5, 5.41) is 24.0. The molecule has 58 heavy (non-hydrogen) atoms. The van der Waals surface area contributed by atoms with Gasteiger partial charge in [0.05, 0.1) is 37.3 Å². The first-order valence-corrected chi connectivity index (χ1v) is 22.5. The van der Waals surface area contributed by atoms with Crippen molar-refractivity contribution in [1.29, 1.82) is 0 Å². The number of benzene rings is 2. The Morgan fingerprint density at radius 1 is 0.534 bits per heavy atom. The average molecular weight is 1000 g/mol. The predicted molar refractivity (Wildman–Crippen MR) is 224 cm³/mol. The van der Waals surface area contributed by atoms with Crippen molar-refractivity contribution >= 4 is 26.5 Å². The summed E-state index contributed by atoms with van der Waals surface area (Å²) in [5.41, 5.74) is 2.39. The third-order valence-electron chi connectivity index (χ3n) is 7.28. The summed E-state index contributed by atoms with van der Waals surface area (Å²) in [6.07, 6.45) is 5.13. The number of nitrogens with one attached hydrogen (secondary N) is 1. The van der Waals surface area contributed by atoms with E-state index in [4.69, 9.17) is 0 Å². The Kier molecular flexibility index (Phi) is 19.8. The van der Waals surface area contributed by atoms with Crippen molar-refractivity contribution in [2.24, 2.45) is 0 Å². The largest absolute Gasteiger partial charge is 2.00 e. The van der Waals surface area contributed by atoms with E-state index in [-0.39, 0.29) is 47.2 Å². The van der Waals surface area contributed by atoms with Crippen LogP contribution in [0.3, 0.4) is 0 Å². The molecule has 0 saturated carbocycles. The van der Waals surface area contributed by atoms with Gasteiger partial charge in [0.1, 0.15) is 23.0 Å². The van der Waals surface area contributed by atoms with Gasteiger partial charge < -0.3 is 20.4 Å². The van der Waals surface area contributed by atoms with Crippen LogP contribution in [0.25, 0.3) is 34.6 Å². The Balaban J connectivity index is 0.000000196. The van der Waals surface area contributed by atoms with Crippen LogP contribution in [0.1, 0.15) is 17.1 Å². The minimum atomic E-state index is -4.49. The molecule has 0 radical (unpaired) electrons. The van der Waals surface area contributed by atoms with E-state index in [0.29, 0.717) is 11.6 Å².